The van der Waals surface area contributed by atoms with Crippen molar-refractivity contribution in [1.29, 1.82) is 0 Å². The highest BCUT2D eigenvalue weighted by atomic mass is 15.2. The molecule has 5 rings (SSSR count). The number of nitrogens with one attached hydrogen (secondary N) is 1. The third-order valence-corrected chi connectivity index (χ3v) is 6.50. The number of fused-ring (bicyclic) bond motifs is 3. The van der Waals surface area contributed by atoms with Crippen molar-refractivity contribution >= 4 is 11.0 Å². The first-order valence-corrected chi connectivity index (χ1v) is 9.44. The van der Waals surface area contributed by atoms with Crippen molar-refractivity contribution in [3.8, 4) is 0 Å². The van der Waals surface area contributed by atoms with Crippen LogP contribution in [-0.2, 0) is 0 Å². The van der Waals surface area contributed by atoms with E-state index in [-0.39, 0.29) is 0 Å². The lowest BCUT2D eigenvalue weighted by atomic mass is 9.75. The molecular formula is C22H25N3. The van der Waals surface area contributed by atoms with Crippen LogP contribution in [0.5, 0.6) is 0 Å². The summed E-state index contributed by atoms with van der Waals surface area (Å²) < 4.78 is 0. The van der Waals surface area contributed by atoms with Crippen molar-refractivity contribution in [3.63, 3.8) is 0 Å². The molecule has 128 valence electrons. The zero-order chi connectivity index (χ0) is 17.0. The molecule has 2 aliphatic heterocycles. The topological polar surface area (TPSA) is 31.9 Å². The predicted octanol–water partition coefficient (Wildman–Crippen LogP) is 4.61. The van der Waals surface area contributed by atoms with E-state index in [1.165, 1.54) is 36.2 Å². The Hall–Kier alpha value is -2.13. The maximum atomic E-state index is 5.00. The highest BCUT2D eigenvalue weighted by molar-refractivity contribution is 5.75. The molecule has 2 aliphatic rings. The maximum absolute atomic E-state index is 5.00. The molecule has 0 amide bonds. The third-order valence-electron chi connectivity index (χ3n) is 6.50. The van der Waals surface area contributed by atoms with Gasteiger partial charge in [-0.1, -0.05) is 42.0 Å². The SMILES string of the molecule is Cc1ccc(C2C[C@H]3CCC([C@H]2c2nc4ccccc4[nH]2)N3C)cc1. The number of hydrogen-bond acceptors (Lipinski definition) is 2. The number of imidazole rings is 1. The van der Waals surface area contributed by atoms with E-state index >= 15 is 0 Å². The molecule has 2 unspecified atom stereocenters. The van der Waals surface area contributed by atoms with Gasteiger partial charge in [0.05, 0.1) is 11.0 Å². The van der Waals surface area contributed by atoms with E-state index in [0.29, 0.717) is 17.9 Å². The summed E-state index contributed by atoms with van der Waals surface area (Å²) in [4.78, 5) is 11.3. The van der Waals surface area contributed by atoms with Crippen molar-refractivity contribution in [1.82, 2.24) is 14.9 Å². The van der Waals surface area contributed by atoms with Crippen LogP contribution in [0.4, 0.5) is 0 Å². The number of hydrogen-bond donors (Lipinski definition) is 1. The monoisotopic (exact) mass is 331 g/mol. The smallest absolute Gasteiger partial charge is 0.112 e. The Morgan fingerprint density at radius 1 is 1.04 bits per heavy atom. The van der Waals surface area contributed by atoms with Gasteiger partial charge in [0.2, 0.25) is 0 Å². The summed E-state index contributed by atoms with van der Waals surface area (Å²) >= 11 is 0. The Labute approximate surface area is 149 Å². The molecule has 0 saturated carbocycles. The highest BCUT2D eigenvalue weighted by Crippen LogP contribution is 2.50. The van der Waals surface area contributed by atoms with Gasteiger partial charge in [-0.2, -0.15) is 0 Å². The number of likely N-dealkylation sites (N-methyl/N-ethyl adjacent to an activating group) is 1. The zero-order valence-corrected chi connectivity index (χ0v) is 14.9. The summed E-state index contributed by atoms with van der Waals surface area (Å²) in [5.41, 5.74) is 5.05. The van der Waals surface area contributed by atoms with Crippen LogP contribution in [0.25, 0.3) is 11.0 Å². The van der Waals surface area contributed by atoms with Crippen molar-refractivity contribution in [2.75, 3.05) is 7.05 Å². The largest absolute Gasteiger partial charge is 0.342 e. The van der Waals surface area contributed by atoms with Crippen LogP contribution in [0.2, 0.25) is 0 Å². The molecule has 3 heteroatoms. The second-order valence-electron chi connectivity index (χ2n) is 7.88. The van der Waals surface area contributed by atoms with Gasteiger partial charge in [-0.05, 0) is 56.8 Å². The number of aryl methyl sites for hydroxylation is 1. The van der Waals surface area contributed by atoms with E-state index in [2.05, 4.69) is 72.4 Å². The molecule has 3 heterocycles. The number of para-hydroxylation sites is 2. The standard InChI is InChI=1S/C22H25N3/c1-14-7-9-15(10-8-14)17-13-16-11-12-20(25(16)2)21(17)22-23-18-5-3-4-6-19(18)24-22/h3-10,16-17,20-21H,11-13H2,1-2H3,(H,23,24)/t16-,17?,20?,21+/m1/s1. The van der Waals surface area contributed by atoms with Crippen LogP contribution in [0, 0.1) is 6.92 Å². The van der Waals surface area contributed by atoms with Crippen LogP contribution < -0.4 is 0 Å². The van der Waals surface area contributed by atoms with Gasteiger partial charge in [-0.3, -0.25) is 4.90 Å². The fourth-order valence-electron chi connectivity index (χ4n) is 5.13. The van der Waals surface area contributed by atoms with E-state index in [1.807, 2.05) is 0 Å². The second kappa shape index (κ2) is 5.70. The van der Waals surface area contributed by atoms with Crippen LogP contribution in [0.15, 0.2) is 48.5 Å². The lowest BCUT2D eigenvalue weighted by Gasteiger charge is -2.42. The molecule has 3 nitrogen and oxygen atoms in total. The van der Waals surface area contributed by atoms with Gasteiger partial charge in [0.15, 0.2) is 0 Å². The number of nitrogens with zero attached hydrogens (tertiary/aromatic N) is 2. The Bertz CT molecular complexity index is 862. The van der Waals surface area contributed by atoms with E-state index in [9.17, 15) is 0 Å². The minimum atomic E-state index is 0.443. The van der Waals surface area contributed by atoms with Gasteiger partial charge in [0, 0.05) is 18.0 Å². The summed E-state index contributed by atoms with van der Waals surface area (Å²) in [5.74, 6) is 2.16. The van der Waals surface area contributed by atoms with Gasteiger partial charge in [0.1, 0.15) is 5.82 Å². The molecule has 0 radical (unpaired) electrons. The van der Waals surface area contributed by atoms with Crippen molar-refractivity contribution in [3.05, 3.63) is 65.5 Å². The predicted molar refractivity (Wildman–Crippen MR) is 102 cm³/mol. The molecule has 0 spiro atoms. The van der Waals surface area contributed by atoms with E-state index in [1.54, 1.807) is 0 Å². The van der Waals surface area contributed by atoms with Crippen molar-refractivity contribution in [2.24, 2.45) is 0 Å². The minimum absolute atomic E-state index is 0.443. The normalized spacial score (nSPS) is 29.4. The lowest BCUT2D eigenvalue weighted by Crippen LogP contribution is -2.44. The molecule has 2 saturated heterocycles. The molecule has 1 N–H and O–H groups in total. The Morgan fingerprint density at radius 2 is 1.84 bits per heavy atom. The third kappa shape index (κ3) is 2.41. The molecule has 2 aromatic carbocycles. The quantitative estimate of drug-likeness (QED) is 0.744. The number of benzene rings is 2. The fourth-order valence-corrected chi connectivity index (χ4v) is 5.13. The molecule has 2 bridgehead atoms. The summed E-state index contributed by atoms with van der Waals surface area (Å²) in [6.07, 6.45) is 3.84. The van der Waals surface area contributed by atoms with Crippen LogP contribution in [-0.4, -0.2) is 34.0 Å². The fraction of sp³-hybridized carbons (Fsp3) is 0.409. The summed E-state index contributed by atoms with van der Waals surface area (Å²) in [6.45, 7) is 2.17. The van der Waals surface area contributed by atoms with Crippen LogP contribution >= 0.6 is 0 Å². The van der Waals surface area contributed by atoms with Gasteiger partial charge < -0.3 is 4.98 Å². The van der Waals surface area contributed by atoms with Crippen LogP contribution in [0.3, 0.4) is 0 Å². The number of aromatic amines is 1. The zero-order valence-electron chi connectivity index (χ0n) is 14.9. The van der Waals surface area contributed by atoms with E-state index in [0.717, 1.165) is 17.1 Å². The lowest BCUT2D eigenvalue weighted by molar-refractivity contribution is 0.134. The number of H-pyrrole nitrogens is 1. The maximum Gasteiger partial charge on any atom is 0.112 e. The Morgan fingerprint density at radius 3 is 2.64 bits per heavy atom. The number of piperidine rings is 1. The van der Waals surface area contributed by atoms with Gasteiger partial charge in [-0.25, -0.2) is 4.98 Å². The summed E-state index contributed by atoms with van der Waals surface area (Å²) in [7, 11) is 2.31. The summed E-state index contributed by atoms with van der Waals surface area (Å²) in [5, 5.41) is 0. The molecular weight excluding hydrogens is 306 g/mol. The molecule has 4 atom stereocenters. The van der Waals surface area contributed by atoms with Gasteiger partial charge >= 0.3 is 0 Å². The average Bonchev–Trinajstić information content (AvgIpc) is 3.14. The second-order valence-corrected chi connectivity index (χ2v) is 7.88. The van der Waals surface area contributed by atoms with Gasteiger partial charge in [-0.15, -0.1) is 0 Å². The first kappa shape index (κ1) is 15.2. The highest BCUT2D eigenvalue weighted by Gasteiger charge is 2.47. The first-order valence-electron chi connectivity index (χ1n) is 9.44. The van der Waals surface area contributed by atoms with Crippen molar-refractivity contribution in [2.45, 2.75) is 50.1 Å². The molecule has 25 heavy (non-hydrogen) atoms. The molecule has 2 fully saturated rings. The number of rotatable bonds is 2. The summed E-state index contributed by atoms with van der Waals surface area (Å²) in [6, 6.07) is 18.9. The molecule has 1 aromatic heterocycles. The van der Waals surface area contributed by atoms with Gasteiger partial charge in [0.25, 0.3) is 0 Å². The first-order chi connectivity index (χ1) is 12.2. The average molecular weight is 331 g/mol. The van der Waals surface area contributed by atoms with Crippen molar-refractivity contribution < 1.29 is 0 Å². The van der Waals surface area contributed by atoms with E-state index in [4.69, 9.17) is 4.98 Å². The Balaban J connectivity index is 1.62. The molecule has 3 aromatic rings. The van der Waals surface area contributed by atoms with Crippen LogP contribution in [0.1, 0.15) is 48.0 Å². The van der Waals surface area contributed by atoms with E-state index < -0.39 is 0 Å². The minimum Gasteiger partial charge on any atom is -0.342 e. The molecule has 0 aliphatic carbocycles. The number of aromatic nitrogens is 2. The Kier molecular flexibility index (Phi) is 3.46.